The summed E-state index contributed by atoms with van der Waals surface area (Å²) in [5.41, 5.74) is 1.63. The van der Waals surface area contributed by atoms with Crippen LogP contribution in [-0.4, -0.2) is 48.1 Å². The second-order valence-electron chi connectivity index (χ2n) is 8.64. The van der Waals surface area contributed by atoms with Crippen molar-refractivity contribution in [2.75, 3.05) is 14.1 Å². The highest BCUT2D eigenvalue weighted by Crippen LogP contribution is 2.35. The molecule has 1 aromatic rings. The maximum Gasteiger partial charge on any atom is 0.303 e. The van der Waals surface area contributed by atoms with E-state index < -0.39 is 11.6 Å². The molecular weight excluding hydrogens is 340 g/mol. The van der Waals surface area contributed by atoms with Crippen molar-refractivity contribution < 1.29 is 14.3 Å². The molecule has 0 bridgehead atoms. The van der Waals surface area contributed by atoms with Crippen molar-refractivity contribution in [3.05, 3.63) is 35.4 Å². The number of nitrogens with one attached hydrogen (secondary N) is 1. The Bertz CT molecular complexity index is 674. The fourth-order valence-corrected chi connectivity index (χ4v) is 4.05. The van der Waals surface area contributed by atoms with Gasteiger partial charge in [0.05, 0.1) is 0 Å². The van der Waals surface area contributed by atoms with Crippen molar-refractivity contribution in [2.24, 2.45) is 0 Å². The lowest BCUT2D eigenvalue weighted by atomic mass is 9.74. The number of benzene rings is 1. The van der Waals surface area contributed by atoms with Gasteiger partial charge in [0.25, 0.3) is 5.91 Å². The molecule has 0 aliphatic heterocycles. The largest absolute Gasteiger partial charge is 0.450 e. The van der Waals surface area contributed by atoms with Crippen molar-refractivity contribution in [2.45, 2.75) is 77.0 Å². The van der Waals surface area contributed by atoms with Crippen LogP contribution in [0.1, 0.15) is 57.6 Å². The molecule has 1 aromatic carbocycles. The Hall–Kier alpha value is -1.88. The third-order valence-corrected chi connectivity index (χ3v) is 5.76. The molecular formula is C22H34N2O3. The summed E-state index contributed by atoms with van der Waals surface area (Å²) in [4.78, 5) is 26.0. The van der Waals surface area contributed by atoms with E-state index in [-0.39, 0.29) is 17.5 Å². The van der Waals surface area contributed by atoms with E-state index in [4.69, 9.17) is 4.74 Å². The Morgan fingerprint density at radius 1 is 1.26 bits per heavy atom. The van der Waals surface area contributed by atoms with Crippen LogP contribution in [0, 0.1) is 6.92 Å². The first-order valence-electron chi connectivity index (χ1n) is 9.78. The number of carbonyl (C=O) groups is 2. The molecule has 0 aromatic heterocycles. The monoisotopic (exact) mass is 374 g/mol. The Morgan fingerprint density at radius 2 is 1.89 bits per heavy atom. The molecule has 0 heterocycles. The zero-order valence-electron chi connectivity index (χ0n) is 17.6. The van der Waals surface area contributed by atoms with E-state index in [2.05, 4.69) is 55.5 Å². The van der Waals surface area contributed by atoms with E-state index in [9.17, 15) is 9.59 Å². The van der Waals surface area contributed by atoms with Gasteiger partial charge in [-0.2, -0.15) is 0 Å². The van der Waals surface area contributed by atoms with Gasteiger partial charge in [-0.05, 0) is 72.5 Å². The van der Waals surface area contributed by atoms with E-state index in [1.54, 1.807) is 13.8 Å². The predicted molar refractivity (Wildman–Crippen MR) is 108 cm³/mol. The quantitative estimate of drug-likeness (QED) is 0.777. The molecule has 1 fully saturated rings. The Labute approximate surface area is 163 Å². The minimum atomic E-state index is -1.14. The van der Waals surface area contributed by atoms with E-state index in [1.807, 2.05) is 0 Å². The molecule has 150 valence electrons. The van der Waals surface area contributed by atoms with Crippen LogP contribution in [0.15, 0.2) is 24.3 Å². The normalized spacial score (nSPS) is 23.1. The Kier molecular flexibility index (Phi) is 6.68. The molecule has 1 aliphatic rings. The maximum atomic E-state index is 12.5. The van der Waals surface area contributed by atoms with Crippen LogP contribution in [0.3, 0.4) is 0 Å². The van der Waals surface area contributed by atoms with Gasteiger partial charge in [-0.15, -0.1) is 0 Å². The highest BCUT2D eigenvalue weighted by molar-refractivity contribution is 5.86. The molecule has 1 amide bonds. The van der Waals surface area contributed by atoms with Crippen molar-refractivity contribution in [1.82, 2.24) is 10.2 Å². The van der Waals surface area contributed by atoms with E-state index in [1.165, 1.54) is 18.1 Å². The van der Waals surface area contributed by atoms with Gasteiger partial charge in [0.15, 0.2) is 5.60 Å². The number of hydrogen-bond acceptors (Lipinski definition) is 4. The van der Waals surface area contributed by atoms with Crippen LogP contribution < -0.4 is 5.32 Å². The van der Waals surface area contributed by atoms with E-state index in [0.29, 0.717) is 0 Å². The van der Waals surface area contributed by atoms with Gasteiger partial charge in [0, 0.05) is 18.5 Å². The number of carbonyl (C=O) groups excluding carboxylic acids is 2. The molecule has 2 rings (SSSR count). The molecule has 0 unspecified atom stereocenters. The van der Waals surface area contributed by atoms with Gasteiger partial charge in [-0.1, -0.05) is 29.8 Å². The number of esters is 1. The van der Waals surface area contributed by atoms with Crippen molar-refractivity contribution in [1.29, 1.82) is 0 Å². The van der Waals surface area contributed by atoms with Crippen LogP contribution in [0.2, 0.25) is 0 Å². The SMILES string of the molecule is CC(=O)OC(C)(C)C(=O)NC1CCC(Cc2cccc(C)c2)(N(C)C)CC1. The number of hydrogen-bond donors (Lipinski definition) is 1. The minimum absolute atomic E-state index is 0.112. The smallest absolute Gasteiger partial charge is 0.303 e. The standard InChI is InChI=1S/C22H34N2O3/c1-16-8-7-9-18(14-16)15-22(24(5)6)12-10-19(11-13-22)23-20(26)21(3,4)27-17(2)25/h7-9,14,19H,10-13,15H2,1-6H3,(H,23,26). The van der Waals surface area contributed by atoms with Gasteiger partial charge in [-0.3, -0.25) is 9.59 Å². The summed E-state index contributed by atoms with van der Waals surface area (Å²) >= 11 is 0. The van der Waals surface area contributed by atoms with E-state index in [0.717, 1.165) is 32.1 Å². The zero-order chi connectivity index (χ0) is 20.2. The fourth-order valence-electron chi connectivity index (χ4n) is 4.05. The second-order valence-corrected chi connectivity index (χ2v) is 8.64. The van der Waals surface area contributed by atoms with Gasteiger partial charge in [0.2, 0.25) is 0 Å². The molecule has 0 radical (unpaired) electrons. The lowest BCUT2D eigenvalue weighted by Crippen LogP contribution is -2.54. The fraction of sp³-hybridized carbons (Fsp3) is 0.636. The summed E-state index contributed by atoms with van der Waals surface area (Å²) in [7, 11) is 4.30. The van der Waals surface area contributed by atoms with Gasteiger partial charge >= 0.3 is 5.97 Å². The molecule has 0 saturated heterocycles. The minimum Gasteiger partial charge on any atom is -0.450 e. The van der Waals surface area contributed by atoms with Crippen molar-refractivity contribution in [3.63, 3.8) is 0 Å². The second kappa shape index (κ2) is 8.42. The first kappa shape index (κ1) is 21.4. The van der Waals surface area contributed by atoms with Crippen molar-refractivity contribution in [3.8, 4) is 0 Å². The summed E-state index contributed by atoms with van der Waals surface area (Å²) in [6, 6.07) is 8.84. The molecule has 5 nitrogen and oxygen atoms in total. The highest BCUT2D eigenvalue weighted by atomic mass is 16.6. The molecule has 1 N–H and O–H groups in total. The first-order chi connectivity index (χ1) is 12.5. The average molecular weight is 375 g/mol. The molecule has 1 aliphatic carbocycles. The number of nitrogens with zero attached hydrogens (tertiary/aromatic N) is 1. The lowest BCUT2D eigenvalue weighted by Gasteiger charge is -2.46. The van der Waals surface area contributed by atoms with Crippen LogP contribution in [0.5, 0.6) is 0 Å². The average Bonchev–Trinajstić information content (AvgIpc) is 2.55. The number of likely N-dealkylation sites (N-methyl/N-ethyl adjacent to an activating group) is 1. The number of amides is 1. The summed E-state index contributed by atoms with van der Waals surface area (Å²) in [6.45, 7) is 6.72. The summed E-state index contributed by atoms with van der Waals surface area (Å²) in [5.74, 6) is -0.665. The van der Waals surface area contributed by atoms with Crippen molar-refractivity contribution >= 4 is 11.9 Å². The molecule has 27 heavy (non-hydrogen) atoms. The predicted octanol–water partition coefficient (Wildman–Crippen LogP) is 3.24. The summed E-state index contributed by atoms with van der Waals surface area (Å²) in [6.07, 6.45) is 4.90. The number of aryl methyl sites for hydroxylation is 1. The topological polar surface area (TPSA) is 58.6 Å². The third kappa shape index (κ3) is 5.55. The van der Waals surface area contributed by atoms with E-state index >= 15 is 0 Å². The highest BCUT2D eigenvalue weighted by Gasteiger charge is 2.39. The van der Waals surface area contributed by atoms with Crippen LogP contribution >= 0.6 is 0 Å². The Balaban J connectivity index is 2.00. The molecule has 0 atom stereocenters. The molecule has 1 saturated carbocycles. The number of rotatable bonds is 6. The van der Waals surface area contributed by atoms with Crippen LogP contribution in [0.4, 0.5) is 0 Å². The van der Waals surface area contributed by atoms with Gasteiger partial charge in [0.1, 0.15) is 0 Å². The van der Waals surface area contributed by atoms with Crippen LogP contribution in [-0.2, 0) is 20.7 Å². The molecule has 5 heteroatoms. The maximum absolute atomic E-state index is 12.5. The van der Waals surface area contributed by atoms with Crippen LogP contribution in [0.25, 0.3) is 0 Å². The van der Waals surface area contributed by atoms with Gasteiger partial charge < -0.3 is 15.0 Å². The lowest BCUT2D eigenvalue weighted by molar-refractivity contribution is -0.163. The summed E-state index contributed by atoms with van der Waals surface area (Å²) < 4.78 is 5.15. The zero-order valence-corrected chi connectivity index (χ0v) is 17.6. The Morgan fingerprint density at radius 3 is 2.41 bits per heavy atom. The molecule has 0 spiro atoms. The first-order valence-corrected chi connectivity index (χ1v) is 9.78. The third-order valence-electron chi connectivity index (χ3n) is 5.76. The van der Waals surface area contributed by atoms with Gasteiger partial charge in [-0.25, -0.2) is 0 Å². The number of ether oxygens (including phenoxy) is 1. The summed E-state index contributed by atoms with van der Waals surface area (Å²) in [5, 5.41) is 3.08.